The second kappa shape index (κ2) is 6.68. The monoisotopic (exact) mass is 274 g/mol. The van der Waals surface area contributed by atoms with Gasteiger partial charge in [-0.05, 0) is 56.2 Å². The summed E-state index contributed by atoms with van der Waals surface area (Å²) in [7, 11) is 0. The van der Waals surface area contributed by atoms with E-state index in [4.69, 9.17) is 9.72 Å². The number of pyridine rings is 1. The van der Waals surface area contributed by atoms with E-state index in [0.717, 1.165) is 25.7 Å². The molecule has 1 N–H and O–H groups in total. The van der Waals surface area contributed by atoms with Crippen molar-refractivity contribution in [1.82, 2.24) is 10.3 Å². The van der Waals surface area contributed by atoms with Gasteiger partial charge in [0.15, 0.2) is 0 Å². The summed E-state index contributed by atoms with van der Waals surface area (Å²) in [5.41, 5.74) is 2.82. The van der Waals surface area contributed by atoms with Gasteiger partial charge in [0.25, 0.3) is 0 Å². The number of hydrogen-bond acceptors (Lipinski definition) is 3. The van der Waals surface area contributed by atoms with Gasteiger partial charge in [-0.1, -0.05) is 13.0 Å². The van der Waals surface area contributed by atoms with E-state index < -0.39 is 0 Å². The van der Waals surface area contributed by atoms with Gasteiger partial charge in [-0.2, -0.15) is 0 Å². The quantitative estimate of drug-likeness (QED) is 0.896. The lowest BCUT2D eigenvalue weighted by Crippen LogP contribution is -2.43. The topological polar surface area (TPSA) is 34.1 Å². The minimum absolute atomic E-state index is 0.579. The third kappa shape index (κ3) is 2.89. The lowest BCUT2D eigenvalue weighted by Gasteiger charge is -2.35. The zero-order chi connectivity index (χ0) is 13.8. The van der Waals surface area contributed by atoms with Crippen LogP contribution < -0.4 is 5.32 Å². The van der Waals surface area contributed by atoms with E-state index in [-0.39, 0.29) is 0 Å². The van der Waals surface area contributed by atoms with E-state index >= 15 is 0 Å². The molecule has 2 unspecified atom stereocenters. The predicted octanol–water partition coefficient (Wildman–Crippen LogP) is 2.91. The number of aromatic nitrogens is 1. The molecular weight excluding hydrogens is 248 g/mol. The highest BCUT2D eigenvalue weighted by Crippen LogP contribution is 2.38. The molecule has 0 radical (unpaired) electrons. The largest absolute Gasteiger partial charge is 0.381 e. The molecule has 1 aliphatic carbocycles. The Morgan fingerprint density at radius 2 is 2.20 bits per heavy atom. The van der Waals surface area contributed by atoms with Crippen LogP contribution in [0.4, 0.5) is 0 Å². The summed E-state index contributed by atoms with van der Waals surface area (Å²) in [4.78, 5) is 4.69. The number of aryl methyl sites for hydroxylation is 1. The van der Waals surface area contributed by atoms with E-state index in [9.17, 15) is 0 Å². The SMILES string of the molecule is CCCNC(C1CCOCC1)C1CCc2cccnc21. The summed E-state index contributed by atoms with van der Waals surface area (Å²) in [6.07, 6.45) is 7.99. The first-order valence-corrected chi connectivity index (χ1v) is 8.15. The van der Waals surface area contributed by atoms with Crippen LogP contribution in [0.5, 0.6) is 0 Å². The van der Waals surface area contributed by atoms with Gasteiger partial charge >= 0.3 is 0 Å². The van der Waals surface area contributed by atoms with Crippen LogP contribution in [0.1, 0.15) is 49.8 Å². The first-order valence-electron chi connectivity index (χ1n) is 8.15. The number of nitrogens with zero attached hydrogens (tertiary/aromatic N) is 1. The fourth-order valence-corrected chi connectivity index (χ4v) is 3.82. The summed E-state index contributed by atoms with van der Waals surface area (Å²) < 4.78 is 5.54. The first kappa shape index (κ1) is 14.0. The Labute approximate surface area is 122 Å². The summed E-state index contributed by atoms with van der Waals surface area (Å²) in [5.74, 6) is 1.34. The van der Waals surface area contributed by atoms with Gasteiger partial charge < -0.3 is 10.1 Å². The molecule has 0 aromatic carbocycles. The molecule has 0 saturated carbocycles. The summed E-state index contributed by atoms with van der Waals surface area (Å²) in [6, 6.07) is 4.91. The molecule has 1 aromatic rings. The fraction of sp³-hybridized carbons (Fsp3) is 0.706. The van der Waals surface area contributed by atoms with Crippen molar-refractivity contribution in [3.8, 4) is 0 Å². The van der Waals surface area contributed by atoms with E-state index in [1.165, 1.54) is 43.4 Å². The Balaban J connectivity index is 1.78. The highest BCUT2D eigenvalue weighted by molar-refractivity contribution is 5.30. The summed E-state index contributed by atoms with van der Waals surface area (Å²) in [6.45, 7) is 5.21. The number of hydrogen-bond donors (Lipinski definition) is 1. The van der Waals surface area contributed by atoms with Crippen LogP contribution in [0.3, 0.4) is 0 Å². The van der Waals surface area contributed by atoms with Crippen molar-refractivity contribution in [3.05, 3.63) is 29.6 Å². The van der Waals surface area contributed by atoms with Crippen molar-refractivity contribution >= 4 is 0 Å². The average molecular weight is 274 g/mol. The van der Waals surface area contributed by atoms with E-state index in [2.05, 4.69) is 24.4 Å². The Hall–Kier alpha value is -0.930. The van der Waals surface area contributed by atoms with Crippen LogP contribution >= 0.6 is 0 Å². The maximum atomic E-state index is 5.54. The minimum Gasteiger partial charge on any atom is -0.381 e. The van der Waals surface area contributed by atoms with Crippen LogP contribution in [0.25, 0.3) is 0 Å². The second-order valence-corrected chi connectivity index (χ2v) is 6.12. The van der Waals surface area contributed by atoms with E-state index in [1.807, 2.05) is 6.20 Å². The van der Waals surface area contributed by atoms with Crippen molar-refractivity contribution < 1.29 is 4.74 Å². The minimum atomic E-state index is 0.579. The van der Waals surface area contributed by atoms with Crippen molar-refractivity contribution in [2.45, 2.75) is 51.0 Å². The number of ether oxygens (including phenoxy) is 1. The molecule has 1 aromatic heterocycles. The predicted molar refractivity (Wildman–Crippen MR) is 80.9 cm³/mol. The first-order chi connectivity index (χ1) is 9.90. The van der Waals surface area contributed by atoms with Crippen LogP contribution in [0.15, 0.2) is 18.3 Å². The van der Waals surface area contributed by atoms with Crippen molar-refractivity contribution in [2.75, 3.05) is 19.8 Å². The van der Waals surface area contributed by atoms with Gasteiger partial charge in [-0.3, -0.25) is 4.98 Å². The third-order valence-electron chi connectivity index (χ3n) is 4.84. The highest BCUT2D eigenvalue weighted by atomic mass is 16.5. The molecule has 1 saturated heterocycles. The van der Waals surface area contributed by atoms with E-state index in [0.29, 0.717) is 12.0 Å². The van der Waals surface area contributed by atoms with Crippen LogP contribution in [-0.2, 0) is 11.2 Å². The van der Waals surface area contributed by atoms with Gasteiger partial charge in [0.1, 0.15) is 0 Å². The zero-order valence-corrected chi connectivity index (χ0v) is 12.5. The molecule has 1 fully saturated rings. The van der Waals surface area contributed by atoms with Gasteiger partial charge in [0.05, 0.1) is 0 Å². The van der Waals surface area contributed by atoms with Crippen LogP contribution in [0, 0.1) is 5.92 Å². The Kier molecular flexibility index (Phi) is 4.69. The Morgan fingerprint density at radius 1 is 1.35 bits per heavy atom. The maximum Gasteiger partial charge on any atom is 0.0482 e. The highest BCUT2D eigenvalue weighted by Gasteiger charge is 2.35. The summed E-state index contributed by atoms with van der Waals surface area (Å²) in [5, 5.41) is 3.83. The molecule has 0 amide bonds. The average Bonchev–Trinajstić information content (AvgIpc) is 2.93. The molecule has 20 heavy (non-hydrogen) atoms. The lowest BCUT2D eigenvalue weighted by molar-refractivity contribution is 0.0496. The molecule has 0 bridgehead atoms. The van der Waals surface area contributed by atoms with Gasteiger partial charge in [-0.15, -0.1) is 0 Å². The maximum absolute atomic E-state index is 5.54. The normalized spacial score (nSPS) is 24.6. The van der Waals surface area contributed by atoms with Crippen LogP contribution in [0.2, 0.25) is 0 Å². The smallest absolute Gasteiger partial charge is 0.0482 e. The summed E-state index contributed by atoms with van der Waals surface area (Å²) >= 11 is 0. The molecule has 3 heteroatoms. The molecule has 3 nitrogen and oxygen atoms in total. The number of rotatable bonds is 5. The lowest BCUT2D eigenvalue weighted by atomic mass is 9.82. The Morgan fingerprint density at radius 3 is 3.00 bits per heavy atom. The molecule has 3 rings (SSSR count). The Bertz CT molecular complexity index is 429. The third-order valence-corrected chi connectivity index (χ3v) is 4.84. The van der Waals surface area contributed by atoms with Crippen molar-refractivity contribution in [3.63, 3.8) is 0 Å². The van der Waals surface area contributed by atoms with Gasteiger partial charge in [0, 0.05) is 37.1 Å². The molecule has 2 atom stereocenters. The molecular formula is C17H26N2O. The standard InChI is InChI=1S/C17H26N2O/c1-2-9-18-17(14-7-11-20-12-8-14)15-6-5-13-4-3-10-19-16(13)15/h3-4,10,14-15,17-18H,2,5-9,11-12H2,1H3. The number of fused-ring (bicyclic) bond motifs is 1. The molecule has 2 heterocycles. The van der Waals surface area contributed by atoms with Gasteiger partial charge in [-0.25, -0.2) is 0 Å². The van der Waals surface area contributed by atoms with E-state index in [1.54, 1.807) is 0 Å². The molecule has 2 aliphatic rings. The number of nitrogens with one attached hydrogen (secondary N) is 1. The molecule has 110 valence electrons. The molecule has 0 spiro atoms. The molecule has 1 aliphatic heterocycles. The van der Waals surface area contributed by atoms with Gasteiger partial charge in [0.2, 0.25) is 0 Å². The fourth-order valence-electron chi connectivity index (χ4n) is 3.82. The zero-order valence-electron chi connectivity index (χ0n) is 12.5. The van der Waals surface area contributed by atoms with Crippen molar-refractivity contribution in [1.29, 1.82) is 0 Å². The second-order valence-electron chi connectivity index (χ2n) is 6.12. The van der Waals surface area contributed by atoms with Crippen LogP contribution in [-0.4, -0.2) is 30.8 Å². The van der Waals surface area contributed by atoms with Crippen molar-refractivity contribution in [2.24, 2.45) is 5.92 Å².